The normalized spacial score (nSPS) is 14.9. The first-order valence-electron chi connectivity index (χ1n) is 11.3. The second kappa shape index (κ2) is 9.33. The number of fused-ring (bicyclic) bond motifs is 3. The van der Waals surface area contributed by atoms with Crippen LogP contribution in [0.4, 0.5) is 0 Å². The monoisotopic (exact) mass is 563 g/mol. The summed E-state index contributed by atoms with van der Waals surface area (Å²) in [7, 11) is 0. The number of hydrogen-bond donors (Lipinski definition) is 0. The van der Waals surface area contributed by atoms with E-state index < -0.39 is 18.9 Å². The summed E-state index contributed by atoms with van der Waals surface area (Å²) < 4.78 is 7.03. The Kier molecular flexibility index (Phi) is 8.12. The van der Waals surface area contributed by atoms with E-state index in [1.807, 2.05) is 0 Å². The molecule has 0 nitrogen and oxygen atoms in total. The fraction of sp³-hybridized carbons (Fsp3) is 0.429. The molecule has 173 valence electrons. The van der Waals surface area contributed by atoms with Gasteiger partial charge in [0.25, 0.3) is 0 Å². The number of rotatable bonds is 2. The van der Waals surface area contributed by atoms with Gasteiger partial charge in [0.1, 0.15) is 0 Å². The molecule has 2 aromatic rings. The molecular weight excluding hydrogens is 527 g/mol. The van der Waals surface area contributed by atoms with Gasteiger partial charge in [-0.25, -0.2) is 0 Å². The molecular formula is C28H39Cl2SiZr. The van der Waals surface area contributed by atoms with Crippen molar-refractivity contribution in [3.63, 3.8) is 0 Å². The van der Waals surface area contributed by atoms with Crippen LogP contribution in [0, 0.1) is 0 Å². The Morgan fingerprint density at radius 3 is 2.00 bits per heavy atom. The molecule has 0 saturated heterocycles. The molecule has 0 aromatic heterocycles. The maximum absolute atomic E-state index is 2.62. The standard InChI is InChI=1S/C26H29.2CH3.2ClH.H2Si.Zr/c1-25(2,3)20-11-12-21-18(14-20)13-19-15-24(26(4,5)6)23(16-22(19)21)17-9-7-8-10-17;;;;;;/h7-9,11-12,14,16H,10,13H2,1-6H3;2*1H3;2*1H;1H2;. The van der Waals surface area contributed by atoms with E-state index in [1.165, 1.54) is 33.4 Å². The van der Waals surface area contributed by atoms with E-state index in [4.69, 9.17) is 0 Å². The zero-order valence-electron chi connectivity index (χ0n) is 21.0. The van der Waals surface area contributed by atoms with Crippen molar-refractivity contribution in [2.75, 3.05) is 0 Å². The van der Waals surface area contributed by atoms with Crippen molar-refractivity contribution in [2.24, 2.45) is 0 Å². The number of halogens is 2. The van der Waals surface area contributed by atoms with E-state index in [1.54, 1.807) is 14.4 Å². The first-order chi connectivity index (χ1) is 13.8. The molecule has 0 spiro atoms. The van der Waals surface area contributed by atoms with Crippen LogP contribution in [0.2, 0.25) is 9.26 Å². The van der Waals surface area contributed by atoms with E-state index in [0.717, 1.165) is 12.8 Å². The van der Waals surface area contributed by atoms with Crippen LogP contribution in [0.15, 0.2) is 42.5 Å². The van der Waals surface area contributed by atoms with Crippen molar-refractivity contribution in [3.05, 3.63) is 70.3 Å². The molecule has 4 rings (SSSR count). The van der Waals surface area contributed by atoms with Crippen LogP contribution in [0.25, 0.3) is 16.7 Å². The maximum Gasteiger partial charge on any atom is -0.147 e. The molecule has 0 radical (unpaired) electrons. The topological polar surface area (TPSA) is 0 Å². The van der Waals surface area contributed by atoms with Crippen molar-refractivity contribution in [2.45, 2.75) is 74.5 Å². The quantitative estimate of drug-likeness (QED) is 0.283. The van der Waals surface area contributed by atoms with Gasteiger partial charge in [-0.3, -0.25) is 0 Å². The molecule has 0 fully saturated rings. The molecule has 0 aliphatic heterocycles. The van der Waals surface area contributed by atoms with Gasteiger partial charge in [-0.2, -0.15) is 0 Å². The van der Waals surface area contributed by atoms with Gasteiger partial charge in [-0.05, 0) is 0 Å². The van der Waals surface area contributed by atoms with Crippen LogP contribution in [-0.4, -0.2) is 6.88 Å². The number of hydrogen-bond acceptors (Lipinski definition) is 0. The van der Waals surface area contributed by atoms with Gasteiger partial charge in [-0.1, -0.05) is 0 Å². The van der Waals surface area contributed by atoms with Gasteiger partial charge in [0.2, 0.25) is 0 Å². The zero-order valence-corrected chi connectivity index (χ0v) is 26.5. The third kappa shape index (κ3) is 5.00. The van der Waals surface area contributed by atoms with Crippen LogP contribution >= 0.6 is 24.8 Å². The first kappa shape index (κ1) is 27.8. The molecule has 0 saturated carbocycles. The fourth-order valence-electron chi connectivity index (χ4n) is 5.23. The average Bonchev–Trinajstić information content (AvgIpc) is 3.24. The fourth-order valence-corrected chi connectivity index (χ4v) is 13.0. The Balaban J connectivity index is 0.00000181. The van der Waals surface area contributed by atoms with Gasteiger partial charge in [-0.15, -0.1) is 24.8 Å². The predicted octanol–water partition coefficient (Wildman–Crippen LogP) is 7.46. The van der Waals surface area contributed by atoms with Crippen LogP contribution in [-0.2, 0) is 36.1 Å². The smallest absolute Gasteiger partial charge is 0.147 e. The summed E-state index contributed by atoms with van der Waals surface area (Å²) in [5.74, 6) is 0. The van der Waals surface area contributed by atoms with Gasteiger partial charge < -0.3 is 0 Å². The molecule has 0 unspecified atom stereocenters. The summed E-state index contributed by atoms with van der Waals surface area (Å²) in [5, 5.41) is 0. The van der Waals surface area contributed by atoms with Crippen molar-refractivity contribution in [1.82, 2.24) is 0 Å². The molecule has 32 heavy (non-hydrogen) atoms. The third-order valence-corrected chi connectivity index (χ3v) is 13.4. The Labute approximate surface area is 213 Å². The van der Waals surface area contributed by atoms with Gasteiger partial charge >= 0.3 is 191 Å². The van der Waals surface area contributed by atoms with Crippen LogP contribution in [0.1, 0.15) is 75.8 Å². The minimum absolute atomic E-state index is 0. The van der Waals surface area contributed by atoms with E-state index in [2.05, 4.69) is 100 Å². The summed E-state index contributed by atoms with van der Waals surface area (Å²) >= 11 is -2.39. The Bertz CT molecular complexity index is 1150. The molecule has 2 aromatic carbocycles. The zero-order chi connectivity index (χ0) is 22.1. The van der Waals surface area contributed by atoms with Crippen molar-refractivity contribution in [3.8, 4) is 11.1 Å². The van der Waals surface area contributed by atoms with Gasteiger partial charge in [0, 0.05) is 0 Å². The molecule has 4 heteroatoms. The average molecular weight is 566 g/mol. The molecule has 0 amide bonds. The summed E-state index contributed by atoms with van der Waals surface area (Å²) in [4.78, 5) is 0. The first-order valence-corrected chi connectivity index (χ1v) is 23.4. The Morgan fingerprint density at radius 2 is 1.50 bits per heavy atom. The van der Waals surface area contributed by atoms with Gasteiger partial charge in [0.05, 0.1) is 0 Å². The second-order valence-corrected chi connectivity index (χ2v) is 32.9. The third-order valence-electron chi connectivity index (χ3n) is 6.61. The molecule has 0 heterocycles. The van der Waals surface area contributed by atoms with Crippen molar-refractivity contribution < 1.29 is 18.9 Å². The van der Waals surface area contributed by atoms with Crippen molar-refractivity contribution in [1.29, 1.82) is 0 Å². The van der Waals surface area contributed by atoms with E-state index >= 15 is 0 Å². The summed E-state index contributed by atoms with van der Waals surface area (Å²) in [6, 6.07) is 9.82. The van der Waals surface area contributed by atoms with Crippen LogP contribution in [0.5, 0.6) is 0 Å². The van der Waals surface area contributed by atoms with E-state index in [-0.39, 0.29) is 35.6 Å². The SMILES string of the molecule is CC(C)(C)c1ccc2c(c1)Cc1c-2cc(C2=CC=CC2)c(C(C)(C)C)[c]1[Zr]([CH3])([CH3])=[SiH2].Cl.Cl. The van der Waals surface area contributed by atoms with E-state index in [9.17, 15) is 0 Å². The summed E-state index contributed by atoms with van der Waals surface area (Å²) in [6.07, 6.45) is 9.07. The maximum atomic E-state index is 2.62. The second-order valence-electron chi connectivity index (χ2n) is 12.0. The minimum Gasteiger partial charge on any atom is -0.147 e. The van der Waals surface area contributed by atoms with Crippen molar-refractivity contribution >= 4 is 40.5 Å². The molecule has 0 bridgehead atoms. The Morgan fingerprint density at radius 1 is 0.844 bits per heavy atom. The molecule has 0 N–H and O–H groups in total. The predicted molar refractivity (Wildman–Crippen MR) is 148 cm³/mol. The minimum atomic E-state index is -2.39. The largest absolute Gasteiger partial charge is 0.147 e. The summed E-state index contributed by atoms with van der Waals surface area (Å²) in [5.41, 5.74) is 12.7. The number of benzene rings is 2. The van der Waals surface area contributed by atoms with Gasteiger partial charge in [0.15, 0.2) is 0 Å². The number of allylic oxidation sites excluding steroid dienone is 4. The van der Waals surface area contributed by atoms with E-state index in [0.29, 0.717) is 0 Å². The van der Waals surface area contributed by atoms with Crippen LogP contribution < -0.4 is 3.27 Å². The Hall–Kier alpha value is -0.400. The molecule has 0 atom stereocenters. The van der Waals surface area contributed by atoms with Crippen LogP contribution in [0.3, 0.4) is 0 Å². The summed E-state index contributed by atoms with van der Waals surface area (Å²) in [6.45, 7) is 16.6. The molecule has 2 aliphatic rings. The molecule has 2 aliphatic carbocycles.